The standard InChI is InChI=1S/C21H23N5O3/c1-5-22-18(26-11-16-10-14(26)12-28-16)9-13(1)20-19-17(24-25-20)2-6-23-21(19)29-15-3-7-27-8-4-15/h1-2,5-6,9,14-16H,3-4,7-8,10-12H2,(H,24,25). The van der Waals surface area contributed by atoms with E-state index in [1.165, 1.54) is 0 Å². The largest absolute Gasteiger partial charge is 0.474 e. The van der Waals surface area contributed by atoms with Crippen molar-refractivity contribution >= 4 is 16.7 Å². The Hall–Kier alpha value is -2.71. The number of rotatable bonds is 4. The predicted molar refractivity (Wildman–Crippen MR) is 107 cm³/mol. The molecule has 6 rings (SSSR count). The van der Waals surface area contributed by atoms with Gasteiger partial charge in [0.05, 0.1) is 42.9 Å². The Labute approximate surface area is 168 Å². The average Bonchev–Trinajstić information content (AvgIpc) is 3.51. The zero-order chi connectivity index (χ0) is 19.2. The molecule has 2 unspecified atom stereocenters. The van der Waals surface area contributed by atoms with E-state index in [9.17, 15) is 0 Å². The molecule has 6 heterocycles. The number of nitrogens with zero attached hydrogens (tertiary/aromatic N) is 4. The molecule has 8 heteroatoms. The van der Waals surface area contributed by atoms with Crippen LogP contribution in [-0.2, 0) is 9.47 Å². The van der Waals surface area contributed by atoms with Gasteiger partial charge in [-0.2, -0.15) is 5.10 Å². The number of hydrogen-bond donors (Lipinski definition) is 1. The van der Waals surface area contributed by atoms with Crippen LogP contribution < -0.4 is 9.64 Å². The molecule has 0 amide bonds. The first-order valence-electron chi connectivity index (χ1n) is 10.3. The molecular formula is C21H23N5O3. The predicted octanol–water partition coefficient (Wildman–Crippen LogP) is 2.56. The third kappa shape index (κ3) is 3.03. The van der Waals surface area contributed by atoms with Crippen molar-refractivity contribution in [3.8, 4) is 17.1 Å². The van der Waals surface area contributed by atoms with Gasteiger partial charge in [-0.3, -0.25) is 5.10 Å². The van der Waals surface area contributed by atoms with Gasteiger partial charge in [-0.25, -0.2) is 9.97 Å². The van der Waals surface area contributed by atoms with E-state index in [4.69, 9.17) is 14.2 Å². The van der Waals surface area contributed by atoms with E-state index in [0.29, 0.717) is 18.0 Å². The maximum absolute atomic E-state index is 6.27. The smallest absolute Gasteiger partial charge is 0.225 e. The minimum atomic E-state index is 0.123. The second-order valence-corrected chi connectivity index (χ2v) is 7.94. The second kappa shape index (κ2) is 6.96. The third-order valence-electron chi connectivity index (χ3n) is 6.10. The number of aromatic nitrogens is 4. The fourth-order valence-corrected chi connectivity index (χ4v) is 4.59. The molecule has 0 spiro atoms. The highest BCUT2D eigenvalue weighted by molar-refractivity contribution is 5.96. The fourth-order valence-electron chi connectivity index (χ4n) is 4.59. The molecule has 2 atom stereocenters. The number of anilines is 1. The molecule has 150 valence electrons. The number of fused-ring (bicyclic) bond motifs is 3. The van der Waals surface area contributed by atoms with Gasteiger partial charge in [-0.15, -0.1) is 0 Å². The summed E-state index contributed by atoms with van der Waals surface area (Å²) in [5, 5.41) is 8.64. The summed E-state index contributed by atoms with van der Waals surface area (Å²) in [4.78, 5) is 11.5. The van der Waals surface area contributed by atoms with Crippen LogP contribution in [0.1, 0.15) is 19.3 Å². The summed E-state index contributed by atoms with van der Waals surface area (Å²) in [6.45, 7) is 3.15. The van der Waals surface area contributed by atoms with Gasteiger partial charge in [0.1, 0.15) is 17.6 Å². The van der Waals surface area contributed by atoms with Gasteiger partial charge in [-0.1, -0.05) is 0 Å². The van der Waals surface area contributed by atoms with Gasteiger partial charge in [0.15, 0.2) is 0 Å². The first-order valence-corrected chi connectivity index (χ1v) is 10.3. The number of pyridine rings is 2. The maximum Gasteiger partial charge on any atom is 0.225 e. The van der Waals surface area contributed by atoms with Crippen LogP contribution in [0.15, 0.2) is 30.6 Å². The number of nitrogens with one attached hydrogen (secondary N) is 1. The molecule has 0 aliphatic carbocycles. The van der Waals surface area contributed by atoms with E-state index < -0.39 is 0 Å². The lowest BCUT2D eigenvalue weighted by Gasteiger charge is -2.28. The molecule has 29 heavy (non-hydrogen) atoms. The van der Waals surface area contributed by atoms with E-state index in [0.717, 1.165) is 73.6 Å². The molecule has 0 radical (unpaired) electrons. The van der Waals surface area contributed by atoms with Crippen molar-refractivity contribution in [2.24, 2.45) is 0 Å². The van der Waals surface area contributed by atoms with Crippen molar-refractivity contribution in [3.63, 3.8) is 0 Å². The van der Waals surface area contributed by atoms with Crippen molar-refractivity contribution in [2.75, 3.05) is 31.3 Å². The highest BCUT2D eigenvalue weighted by Gasteiger charge is 2.39. The Morgan fingerprint density at radius 2 is 2.03 bits per heavy atom. The number of H-pyrrole nitrogens is 1. The SMILES string of the molecule is c1cc(-c2n[nH]c3ccnc(OC4CCOCC4)c23)cc(N2CC3CC2CO3)n1. The van der Waals surface area contributed by atoms with Crippen LogP contribution in [0.5, 0.6) is 5.88 Å². The lowest BCUT2D eigenvalue weighted by molar-refractivity contribution is 0.0244. The molecule has 3 saturated heterocycles. The number of ether oxygens (including phenoxy) is 3. The van der Waals surface area contributed by atoms with Gasteiger partial charge < -0.3 is 19.1 Å². The van der Waals surface area contributed by atoms with Crippen LogP contribution in [0.4, 0.5) is 5.82 Å². The third-order valence-corrected chi connectivity index (χ3v) is 6.10. The van der Waals surface area contributed by atoms with Gasteiger partial charge in [-0.05, 0) is 24.6 Å². The molecule has 2 bridgehead atoms. The summed E-state index contributed by atoms with van der Waals surface area (Å²) in [6.07, 6.45) is 6.92. The monoisotopic (exact) mass is 393 g/mol. The Balaban J connectivity index is 1.36. The van der Waals surface area contributed by atoms with Gasteiger partial charge >= 0.3 is 0 Å². The van der Waals surface area contributed by atoms with Crippen molar-refractivity contribution in [1.82, 2.24) is 20.2 Å². The quantitative estimate of drug-likeness (QED) is 0.729. The lowest BCUT2D eigenvalue weighted by Crippen LogP contribution is -2.37. The zero-order valence-electron chi connectivity index (χ0n) is 16.1. The summed E-state index contributed by atoms with van der Waals surface area (Å²) < 4.78 is 17.4. The molecule has 3 aliphatic heterocycles. The van der Waals surface area contributed by atoms with E-state index in [1.54, 1.807) is 6.20 Å². The minimum absolute atomic E-state index is 0.123. The van der Waals surface area contributed by atoms with Gasteiger partial charge in [0.25, 0.3) is 0 Å². The molecule has 0 saturated carbocycles. The van der Waals surface area contributed by atoms with E-state index in [1.807, 2.05) is 18.3 Å². The molecule has 3 fully saturated rings. The highest BCUT2D eigenvalue weighted by atomic mass is 16.5. The minimum Gasteiger partial charge on any atom is -0.474 e. The first kappa shape index (κ1) is 17.2. The molecule has 1 N–H and O–H groups in total. The van der Waals surface area contributed by atoms with E-state index >= 15 is 0 Å². The fraction of sp³-hybridized carbons (Fsp3) is 0.476. The highest BCUT2D eigenvalue weighted by Crippen LogP contribution is 2.36. The number of aromatic amines is 1. The van der Waals surface area contributed by atoms with Crippen LogP contribution in [0.3, 0.4) is 0 Å². The first-order chi connectivity index (χ1) is 14.3. The van der Waals surface area contributed by atoms with Crippen LogP contribution in [0.2, 0.25) is 0 Å². The van der Waals surface area contributed by atoms with Crippen molar-refractivity contribution in [3.05, 3.63) is 30.6 Å². The Morgan fingerprint density at radius 3 is 2.86 bits per heavy atom. The normalized spacial score (nSPS) is 24.5. The number of morpholine rings is 1. The second-order valence-electron chi connectivity index (χ2n) is 7.94. The summed E-state index contributed by atoms with van der Waals surface area (Å²) in [6, 6.07) is 6.46. The summed E-state index contributed by atoms with van der Waals surface area (Å²) in [7, 11) is 0. The van der Waals surface area contributed by atoms with Gasteiger partial charge in [0.2, 0.25) is 5.88 Å². The zero-order valence-corrected chi connectivity index (χ0v) is 16.1. The van der Waals surface area contributed by atoms with E-state index in [-0.39, 0.29) is 6.10 Å². The summed E-state index contributed by atoms with van der Waals surface area (Å²) in [5.74, 6) is 1.61. The van der Waals surface area contributed by atoms with Crippen LogP contribution in [0.25, 0.3) is 22.2 Å². The van der Waals surface area contributed by atoms with Crippen LogP contribution in [-0.4, -0.2) is 64.8 Å². The van der Waals surface area contributed by atoms with Crippen LogP contribution >= 0.6 is 0 Å². The molecule has 8 nitrogen and oxygen atoms in total. The van der Waals surface area contributed by atoms with Crippen molar-refractivity contribution < 1.29 is 14.2 Å². The van der Waals surface area contributed by atoms with Crippen LogP contribution in [0, 0.1) is 0 Å². The molecule has 0 aromatic carbocycles. The van der Waals surface area contributed by atoms with Crippen molar-refractivity contribution in [1.29, 1.82) is 0 Å². The average molecular weight is 393 g/mol. The Kier molecular flexibility index (Phi) is 4.12. The Bertz CT molecular complexity index is 1030. The summed E-state index contributed by atoms with van der Waals surface area (Å²) >= 11 is 0. The Morgan fingerprint density at radius 1 is 1.14 bits per heavy atom. The number of hydrogen-bond acceptors (Lipinski definition) is 7. The maximum atomic E-state index is 6.27. The van der Waals surface area contributed by atoms with E-state index in [2.05, 4.69) is 31.1 Å². The summed E-state index contributed by atoms with van der Waals surface area (Å²) in [5.41, 5.74) is 2.78. The molecule has 3 aliphatic rings. The molecular weight excluding hydrogens is 370 g/mol. The van der Waals surface area contributed by atoms with Crippen molar-refractivity contribution in [2.45, 2.75) is 37.5 Å². The van der Waals surface area contributed by atoms with Gasteiger partial charge in [0, 0.05) is 37.3 Å². The lowest BCUT2D eigenvalue weighted by atomic mass is 10.1. The topological polar surface area (TPSA) is 85.4 Å². The molecule has 3 aromatic rings. The molecule has 3 aromatic heterocycles.